The quantitative estimate of drug-likeness (QED) is 0.633. The number of esters is 1. The van der Waals surface area contributed by atoms with Gasteiger partial charge >= 0.3 is 12.1 Å². The van der Waals surface area contributed by atoms with E-state index >= 15 is 0 Å². The predicted octanol–water partition coefficient (Wildman–Crippen LogP) is 4.61. The lowest BCUT2D eigenvalue weighted by Crippen LogP contribution is -2.21. The number of nitrogens with zero attached hydrogens (tertiary/aromatic N) is 1. The summed E-state index contributed by atoms with van der Waals surface area (Å²) in [5.41, 5.74) is 0.682. The molecule has 1 aromatic heterocycles. The van der Waals surface area contributed by atoms with E-state index in [0.29, 0.717) is 23.0 Å². The van der Waals surface area contributed by atoms with Crippen molar-refractivity contribution < 1.29 is 27.5 Å². The SMILES string of the molecule is CCc1cc(C(=O)OCC(=O)Nc2cccc(C(F)(F)F)c2)c2ccccc2n1. The molecule has 0 unspecified atom stereocenters. The Morgan fingerprint density at radius 1 is 1.07 bits per heavy atom. The minimum atomic E-state index is -4.52. The number of aryl methyl sites for hydroxylation is 1. The summed E-state index contributed by atoms with van der Waals surface area (Å²) in [7, 11) is 0. The molecule has 150 valence electrons. The van der Waals surface area contributed by atoms with Crippen LogP contribution < -0.4 is 5.32 Å². The first-order chi connectivity index (χ1) is 13.8. The number of halogens is 3. The molecule has 1 amide bonds. The van der Waals surface area contributed by atoms with Crippen molar-refractivity contribution in [3.05, 3.63) is 71.4 Å². The molecule has 0 saturated carbocycles. The van der Waals surface area contributed by atoms with Gasteiger partial charge in [-0.15, -0.1) is 0 Å². The molecule has 0 radical (unpaired) electrons. The molecule has 0 aliphatic carbocycles. The third-order valence-corrected chi connectivity index (χ3v) is 4.16. The molecule has 0 aliphatic rings. The molecule has 0 spiro atoms. The number of hydrogen-bond acceptors (Lipinski definition) is 4. The first kappa shape index (κ1) is 20.3. The lowest BCUT2D eigenvalue weighted by atomic mass is 10.1. The molecule has 0 fully saturated rings. The van der Waals surface area contributed by atoms with Crippen LogP contribution in [0.25, 0.3) is 10.9 Å². The van der Waals surface area contributed by atoms with E-state index < -0.39 is 30.2 Å². The van der Waals surface area contributed by atoms with Gasteiger partial charge in [-0.2, -0.15) is 13.2 Å². The van der Waals surface area contributed by atoms with Crippen LogP contribution in [0.15, 0.2) is 54.6 Å². The van der Waals surface area contributed by atoms with Gasteiger partial charge in [0.2, 0.25) is 0 Å². The molecule has 29 heavy (non-hydrogen) atoms. The molecule has 3 aromatic rings. The second-order valence-corrected chi connectivity index (χ2v) is 6.23. The topological polar surface area (TPSA) is 68.3 Å². The molecule has 0 bridgehead atoms. The van der Waals surface area contributed by atoms with E-state index in [9.17, 15) is 22.8 Å². The van der Waals surface area contributed by atoms with Crippen molar-refractivity contribution in [2.45, 2.75) is 19.5 Å². The van der Waals surface area contributed by atoms with Crippen LogP contribution in [0.3, 0.4) is 0 Å². The average Bonchev–Trinajstić information content (AvgIpc) is 2.70. The van der Waals surface area contributed by atoms with Crippen LogP contribution in [0.1, 0.15) is 28.5 Å². The number of pyridine rings is 1. The van der Waals surface area contributed by atoms with Crippen molar-refractivity contribution in [1.82, 2.24) is 4.98 Å². The van der Waals surface area contributed by atoms with Gasteiger partial charge in [0.05, 0.1) is 16.6 Å². The number of benzene rings is 2. The van der Waals surface area contributed by atoms with Crippen molar-refractivity contribution in [2.24, 2.45) is 0 Å². The van der Waals surface area contributed by atoms with E-state index in [1.165, 1.54) is 12.1 Å². The third-order valence-electron chi connectivity index (χ3n) is 4.16. The van der Waals surface area contributed by atoms with E-state index in [1.807, 2.05) is 6.92 Å². The van der Waals surface area contributed by atoms with E-state index in [4.69, 9.17) is 4.74 Å². The van der Waals surface area contributed by atoms with Crippen LogP contribution in [0.4, 0.5) is 18.9 Å². The fourth-order valence-corrected chi connectivity index (χ4v) is 2.76. The Morgan fingerprint density at radius 2 is 1.83 bits per heavy atom. The molecule has 1 heterocycles. The van der Waals surface area contributed by atoms with Gasteiger partial charge in [0.25, 0.3) is 5.91 Å². The Kier molecular flexibility index (Phi) is 5.81. The number of hydrogen-bond donors (Lipinski definition) is 1. The standard InChI is InChI=1S/C21H17F3N2O3/c1-2-14-11-17(16-8-3-4-9-18(16)25-14)20(28)29-12-19(27)26-15-7-5-6-13(10-15)21(22,23)24/h3-11H,2,12H2,1H3,(H,26,27). The van der Waals surface area contributed by atoms with Crippen molar-refractivity contribution in [3.63, 3.8) is 0 Å². The Morgan fingerprint density at radius 3 is 2.55 bits per heavy atom. The smallest absolute Gasteiger partial charge is 0.416 e. The number of anilines is 1. The summed E-state index contributed by atoms with van der Waals surface area (Å²) in [6.45, 7) is 1.27. The van der Waals surface area contributed by atoms with Crippen molar-refractivity contribution in [2.75, 3.05) is 11.9 Å². The molecule has 5 nitrogen and oxygen atoms in total. The summed E-state index contributed by atoms with van der Waals surface area (Å²) < 4.78 is 43.3. The fraction of sp³-hybridized carbons (Fsp3) is 0.190. The molecular weight excluding hydrogens is 385 g/mol. The maximum absolute atomic E-state index is 12.7. The number of rotatable bonds is 5. The van der Waals surface area contributed by atoms with Crippen molar-refractivity contribution in [3.8, 4) is 0 Å². The van der Waals surface area contributed by atoms with Gasteiger partial charge < -0.3 is 10.1 Å². The predicted molar refractivity (Wildman–Crippen MR) is 101 cm³/mol. The second kappa shape index (κ2) is 8.30. The highest BCUT2D eigenvalue weighted by molar-refractivity contribution is 6.04. The van der Waals surface area contributed by atoms with Crippen LogP contribution in [0.2, 0.25) is 0 Å². The number of para-hydroxylation sites is 1. The largest absolute Gasteiger partial charge is 0.452 e. The number of carbonyl (C=O) groups excluding carboxylic acids is 2. The summed E-state index contributed by atoms with van der Waals surface area (Å²) >= 11 is 0. The zero-order chi connectivity index (χ0) is 21.0. The minimum Gasteiger partial charge on any atom is -0.452 e. The van der Waals surface area contributed by atoms with E-state index in [-0.39, 0.29) is 11.3 Å². The van der Waals surface area contributed by atoms with Gasteiger partial charge in [-0.25, -0.2) is 4.79 Å². The van der Waals surface area contributed by atoms with Crippen LogP contribution in [-0.4, -0.2) is 23.5 Å². The molecule has 8 heteroatoms. The Labute approximate surface area is 164 Å². The van der Waals surface area contributed by atoms with Gasteiger partial charge in [-0.1, -0.05) is 31.2 Å². The molecule has 0 atom stereocenters. The first-order valence-electron chi connectivity index (χ1n) is 8.81. The Balaban J connectivity index is 1.70. The number of fused-ring (bicyclic) bond motifs is 1. The lowest BCUT2D eigenvalue weighted by molar-refractivity contribution is -0.137. The van der Waals surface area contributed by atoms with Crippen molar-refractivity contribution in [1.29, 1.82) is 0 Å². The van der Waals surface area contributed by atoms with Gasteiger partial charge in [0.15, 0.2) is 6.61 Å². The van der Waals surface area contributed by atoms with Crippen LogP contribution >= 0.6 is 0 Å². The maximum Gasteiger partial charge on any atom is 0.416 e. The Bertz CT molecular complexity index is 1060. The summed E-state index contributed by atoms with van der Waals surface area (Å²) in [6, 6.07) is 12.9. The molecular formula is C21H17F3N2O3. The molecule has 1 N–H and O–H groups in total. The number of alkyl halides is 3. The molecule has 0 aliphatic heterocycles. The highest BCUT2D eigenvalue weighted by Crippen LogP contribution is 2.30. The number of aromatic nitrogens is 1. The Hall–Kier alpha value is -3.42. The molecule has 0 saturated heterocycles. The van der Waals surface area contributed by atoms with Gasteiger partial charge in [-0.05, 0) is 36.8 Å². The summed E-state index contributed by atoms with van der Waals surface area (Å²) in [4.78, 5) is 28.9. The zero-order valence-corrected chi connectivity index (χ0v) is 15.4. The lowest BCUT2D eigenvalue weighted by Gasteiger charge is -2.11. The van der Waals surface area contributed by atoms with Gasteiger partial charge in [-0.3, -0.25) is 9.78 Å². The first-order valence-corrected chi connectivity index (χ1v) is 8.81. The minimum absolute atomic E-state index is 0.0384. The monoisotopic (exact) mass is 402 g/mol. The van der Waals surface area contributed by atoms with E-state index in [0.717, 1.165) is 12.1 Å². The zero-order valence-electron chi connectivity index (χ0n) is 15.4. The summed E-state index contributed by atoms with van der Waals surface area (Å²) in [5.74, 6) is -1.45. The van der Waals surface area contributed by atoms with E-state index in [2.05, 4.69) is 10.3 Å². The van der Waals surface area contributed by atoms with E-state index in [1.54, 1.807) is 30.3 Å². The maximum atomic E-state index is 12.7. The average molecular weight is 402 g/mol. The van der Waals surface area contributed by atoms with Crippen molar-refractivity contribution >= 4 is 28.5 Å². The summed E-state index contributed by atoms with van der Waals surface area (Å²) in [5, 5.41) is 2.88. The number of ether oxygens (including phenoxy) is 1. The van der Waals surface area contributed by atoms with Gasteiger partial charge in [0, 0.05) is 16.8 Å². The highest BCUT2D eigenvalue weighted by Gasteiger charge is 2.30. The number of nitrogens with one attached hydrogen (secondary N) is 1. The number of carbonyl (C=O) groups is 2. The highest BCUT2D eigenvalue weighted by atomic mass is 19.4. The second-order valence-electron chi connectivity index (χ2n) is 6.23. The summed E-state index contributed by atoms with van der Waals surface area (Å²) in [6.07, 6.45) is -3.91. The fourth-order valence-electron chi connectivity index (χ4n) is 2.76. The normalized spacial score (nSPS) is 11.3. The van der Waals surface area contributed by atoms with Crippen LogP contribution in [0, 0.1) is 0 Å². The van der Waals surface area contributed by atoms with Gasteiger partial charge in [0.1, 0.15) is 0 Å². The van der Waals surface area contributed by atoms with Crippen LogP contribution in [-0.2, 0) is 22.1 Å². The number of amides is 1. The third kappa shape index (κ3) is 4.90. The molecule has 3 rings (SSSR count). The van der Waals surface area contributed by atoms with Crippen LogP contribution in [0.5, 0.6) is 0 Å². The molecule has 2 aromatic carbocycles.